The van der Waals surface area contributed by atoms with Crippen LogP contribution in [-0.2, 0) is 14.4 Å². The van der Waals surface area contributed by atoms with Crippen LogP contribution in [0.2, 0.25) is 0 Å². The predicted octanol–water partition coefficient (Wildman–Crippen LogP) is 0.969. The van der Waals surface area contributed by atoms with E-state index < -0.39 is 11.8 Å². The molecule has 124 valence electrons. The van der Waals surface area contributed by atoms with Gasteiger partial charge in [-0.25, -0.2) is 0 Å². The average molecular weight is 383 g/mol. The highest BCUT2D eigenvalue weighted by atomic mass is 79.9. The second-order valence-electron chi connectivity index (χ2n) is 5.34. The Morgan fingerprint density at radius 3 is 2.52 bits per heavy atom. The van der Waals surface area contributed by atoms with E-state index in [4.69, 9.17) is 5.73 Å². The van der Waals surface area contributed by atoms with Crippen LogP contribution in [0.4, 0.5) is 11.4 Å². The zero-order valence-corrected chi connectivity index (χ0v) is 14.6. The third kappa shape index (κ3) is 3.82. The maximum Gasteiger partial charge on any atom is 0.312 e. The van der Waals surface area contributed by atoms with Gasteiger partial charge in [0.1, 0.15) is 6.54 Å². The van der Waals surface area contributed by atoms with E-state index in [1.165, 1.54) is 9.80 Å². The van der Waals surface area contributed by atoms with Crippen molar-refractivity contribution in [2.45, 2.75) is 13.8 Å². The summed E-state index contributed by atoms with van der Waals surface area (Å²) in [6.45, 7) is 4.74. The fraction of sp³-hybridized carbons (Fsp3) is 0.400. The van der Waals surface area contributed by atoms with Crippen LogP contribution in [0.1, 0.15) is 12.5 Å². The van der Waals surface area contributed by atoms with Gasteiger partial charge in [0.25, 0.3) is 0 Å². The zero-order valence-electron chi connectivity index (χ0n) is 13.1. The molecule has 0 bridgehead atoms. The van der Waals surface area contributed by atoms with Crippen molar-refractivity contribution >= 4 is 45.0 Å². The lowest BCUT2D eigenvalue weighted by Crippen LogP contribution is -2.55. The molecule has 0 aliphatic carbocycles. The molecule has 0 atom stereocenters. The third-order valence-electron chi connectivity index (χ3n) is 3.74. The SMILES string of the molecule is CCN1CCN(CC(=O)Nc2cc(Br)cc(C)c2N)C(=O)C1=O. The van der Waals surface area contributed by atoms with Crippen molar-refractivity contribution in [2.24, 2.45) is 0 Å². The van der Waals surface area contributed by atoms with E-state index in [-0.39, 0.29) is 12.5 Å². The standard InChI is InChI=1S/C15H19BrN4O3/c1-3-19-4-5-20(15(23)14(19)22)8-12(21)18-11-7-10(16)6-9(2)13(11)17/h6-7H,3-5,8,17H2,1-2H3,(H,18,21). The van der Waals surface area contributed by atoms with Crippen LogP contribution < -0.4 is 11.1 Å². The number of likely N-dealkylation sites (N-methyl/N-ethyl adjacent to an activating group) is 1. The fourth-order valence-corrected chi connectivity index (χ4v) is 2.96. The Labute approximate surface area is 142 Å². The number of nitrogens with two attached hydrogens (primary N) is 1. The predicted molar refractivity (Wildman–Crippen MR) is 90.8 cm³/mol. The molecule has 2 rings (SSSR count). The van der Waals surface area contributed by atoms with Crippen molar-refractivity contribution in [1.29, 1.82) is 0 Å². The lowest BCUT2D eigenvalue weighted by Gasteiger charge is -2.32. The fourth-order valence-electron chi connectivity index (χ4n) is 2.39. The van der Waals surface area contributed by atoms with Crippen LogP contribution >= 0.6 is 15.9 Å². The van der Waals surface area contributed by atoms with Gasteiger partial charge in [0.15, 0.2) is 0 Å². The number of carbonyl (C=O) groups is 3. The smallest absolute Gasteiger partial charge is 0.312 e. The van der Waals surface area contributed by atoms with Crippen LogP contribution in [-0.4, -0.2) is 53.7 Å². The summed E-state index contributed by atoms with van der Waals surface area (Å²) in [7, 11) is 0. The first-order valence-electron chi connectivity index (χ1n) is 7.27. The molecule has 3 amide bonds. The van der Waals surface area contributed by atoms with Crippen molar-refractivity contribution in [1.82, 2.24) is 9.80 Å². The van der Waals surface area contributed by atoms with Crippen molar-refractivity contribution in [3.63, 3.8) is 0 Å². The van der Waals surface area contributed by atoms with Gasteiger partial charge in [0.2, 0.25) is 5.91 Å². The Kier molecular flexibility index (Phi) is 5.25. The summed E-state index contributed by atoms with van der Waals surface area (Å²) in [5.74, 6) is -1.60. The third-order valence-corrected chi connectivity index (χ3v) is 4.20. The number of halogens is 1. The maximum absolute atomic E-state index is 12.2. The number of nitrogens with zero attached hydrogens (tertiary/aromatic N) is 2. The summed E-state index contributed by atoms with van der Waals surface area (Å²) in [6, 6.07) is 3.54. The minimum atomic E-state index is -0.647. The second kappa shape index (κ2) is 6.99. The number of nitrogen functional groups attached to an aromatic ring is 1. The van der Waals surface area contributed by atoms with Gasteiger partial charge < -0.3 is 20.9 Å². The molecule has 0 radical (unpaired) electrons. The molecule has 3 N–H and O–H groups in total. The molecule has 7 nitrogen and oxygen atoms in total. The van der Waals surface area contributed by atoms with E-state index in [1.54, 1.807) is 6.07 Å². The second-order valence-corrected chi connectivity index (χ2v) is 6.26. The lowest BCUT2D eigenvalue weighted by atomic mass is 10.1. The molecule has 0 saturated carbocycles. The monoisotopic (exact) mass is 382 g/mol. The number of hydrogen-bond acceptors (Lipinski definition) is 4. The molecule has 23 heavy (non-hydrogen) atoms. The zero-order chi connectivity index (χ0) is 17.1. The van der Waals surface area contributed by atoms with Crippen LogP contribution in [0.3, 0.4) is 0 Å². The summed E-state index contributed by atoms with van der Waals surface area (Å²) in [6.07, 6.45) is 0. The summed E-state index contributed by atoms with van der Waals surface area (Å²) >= 11 is 3.35. The van der Waals surface area contributed by atoms with Gasteiger partial charge in [-0.3, -0.25) is 14.4 Å². The number of benzene rings is 1. The van der Waals surface area contributed by atoms with Gasteiger partial charge in [-0.1, -0.05) is 15.9 Å². The summed E-state index contributed by atoms with van der Waals surface area (Å²) in [5, 5.41) is 2.69. The summed E-state index contributed by atoms with van der Waals surface area (Å²) in [5.41, 5.74) is 7.72. The molecule has 1 aromatic rings. The molecule has 1 aliphatic rings. The number of aryl methyl sites for hydroxylation is 1. The summed E-state index contributed by atoms with van der Waals surface area (Å²) < 4.78 is 0.794. The molecular formula is C15H19BrN4O3. The number of piperazine rings is 1. The minimum absolute atomic E-state index is 0.173. The highest BCUT2D eigenvalue weighted by Gasteiger charge is 2.32. The van der Waals surface area contributed by atoms with E-state index in [1.807, 2.05) is 19.9 Å². The molecule has 1 fully saturated rings. The topological polar surface area (TPSA) is 95.7 Å². The molecule has 0 unspecified atom stereocenters. The molecular weight excluding hydrogens is 364 g/mol. The van der Waals surface area contributed by atoms with Crippen LogP contribution in [0.5, 0.6) is 0 Å². The number of anilines is 2. The van der Waals surface area contributed by atoms with E-state index in [2.05, 4.69) is 21.2 Å². The summed E-state index contributed by atoms with van der Waals surface area (Å²) in [4.78, 5) is 38.7. The molecule has 1 saturated heterocycles. The van der Waals surface area contributed by atoms with E-state index in [0.29, 0.717) is 31.0 Å². The van der Waals surface area contributed by atoms with E-state index >= 15 is 0 Å². The average Bonchev–Trinajstić information content (AvgIpc) is 2.49. The number of hydrogen-bond donors (Lipinski definition) is 2. The van der Waals surface area contributed by atoms with Gasteiger partial charge >= 0.3 is 11.8 Å². The van der Waals surface area contributed by atoms with E-state index in [0.717, 1.165) is 10.0 Å². The number of amides is 3. The number of nitrogens with one attached hydrogen (secondary N) is 1. The molecule has 1 heterocycles. The first-order chi connectivity index (χ1) is 10.8. The Morgan fingerprint density at radius 1 is 1.26 bits per heavy atom. The Morgan fingerprint density at radius 2 is 1.87 bits per heavy atom. The molecule has 1 aromatic carbocycles. The Hall–Kier alpha value is -2.09. The van der Waals surface area contributed by atoms with Gasteiger partial charge in [0, 0.05) is 24.1 Å². The first-order valence-corrected chi connectivity index (χ1v) is 8.06. The number of rotatable bonds is 4. The largest absolute Gasteiger partial charge is 0.397 e. The van der Waals surface area contributed by atoms with Crippen molar-refractivity contribution in [3.05, 3.63) is 22.2 Å². The van der Waals surface area contributed by atoms with Crippen LogP contribution in [0.25, 0.3) is 0 Å². The van der Waals surface area contributed by atoms with Crippen molar-refractivity contribution < 1.29 is 14.4 Å². The lowest BCUT2D eigenvalue weighted by molar-refractivity contribution is -0.156. The van der Waals surface area contributed by atoms with Gasteiger partial charge in [-0.05, 0) is 31.5 Å². The molecule has 8 heteroatoms. The molecule has 1 aliphatic heterocycles. The highest BCUT2D eigenvalue weighted by Crippen LogP contribution is 2.27. The Bertz CT molecular complexity index is 662. The highest BCUT2D eigenvalue weighted by molar-refractivity contribution is 9.10. The quantitative estimate of drug-likeness (QED) is 0.598. The molecule has 0 spiro atoms. The molecule has 0 aromatic heterocycles. The van der Waals surface area contributed by atoms with Gasteiger partial charge in [-0.15, -0.1) is 0 Å². The normalized spacial score (nSPS) is 15.1. The maximum atomic E-state index is 12.2. The van der Waals surface area contributed by atoms with Crippen molar-refractivity contribution in [2.75, 3.05) is 37.2 Å². The van der Waals surface area contributed by atoms with Crippen LogP contribution in [0, 0.1) is 6.92 Å². The van der Waals surface area contributed by atoms with Gasteiger partial charge in [-0.2, -0.15) is 0 Å². The Balaban J connectivity index is 2.03. The first kappa shape index (κ1) is 17.3. The minimum Gasteiger partial charge on any atom is -0.397 e. The van der Waals surface area contributed by atoms with E-state index in [9.17, 15) is 14.4 Å². The number of carbonyl (C=O) groups excluding carboxylic acids is 3. The van der Waals surface area contributed by atoms with Crippen molar-refractivity contribution in [3.8, 4) is 0 Å². The van der Waals surface area contributed by atoms with Crippen LogP contribution in [0.15, 0.2) is 16.6 Å². The van der Waals surface area contributed by atoms with Gasteiger partial charge in [0.05, 0.1) is 11.4 Å².